The van der Waals surface area contributed by atoms with Crippen LogP contribution in [0.4, 0.5) is 0 Å². The molecule has 0 radical (unpaired) electrons. The molecule has 0 atom stereocenters. The molecule has 2 heteroatoms. The van der Waals surface area contributed by atoms with E-state index in [0.29, 0.717) is 0 Å². The predicted molar refractivity (Wildman–Crippen MR) is 207 cm³/mol. The molecule has 0 amide bonds. The third-order valence-corrected chi connectivity index (χ3v) is 9.97. The Bertz CT molecular complexity index is 2810. The van der Waals surface area contributed by atoms with Gasteiger partial charge < -0.3 is 0 Å². The van der Waals surface area contributed by atoms with Gasteiger partial charge in [-0.25, -0.2) is 4.98 Å². The Morgan fingerprint density at radius 2 is 0.857 bits per heavy atom. The maximum Gasteiger partial charge on any atom is 0.145 e. The third-order valence-electron chi connectivity index (χ3n) is 9.97. The number of nitrogens with zero attached hydrogens (tertiary/aromatic N) is 2. The van der Waals surface area contributed by atoms with Crippen LogP contribution in [0.5, 0.6) is 0 Å². The molecule has 0 saturated carbocycles. The molecule has 9 aromatic carbocycles. The summed E-state index contributed by atoms with van der Waals surface area (Å²) in [6.45, 7) is 0. The Labute approximate surface area is 284 Å². The molecule has 0 spiro atoms. The second-order valence-electron chi connectivity index (χ2n) is 12.7. The zero-order valence-electron chi connectivity index (χ0n) is 26.7. The lowest BCUT2D eigenvalue weighted by molar-refractivity contribution is 1.11. The lowest BCUT2D eigenvalue weighted by Gasteiger charge is -2.18. The summed E-state index contributed by atoms with van der Waals surface area (Å²) in [5.74, 6) is 0.936. The molecular formula is C47H30N2. The molecule has 0 aliphatic rings. The van der Waals surface area contributed by atoms with E-state index in [-0.39, 0.29) is 0 Å². The molecule has 1 aromatic heterocycles. The van der Waals surface area contributed by atoms with E-state index in [9.17, 15) is 0 Å². The van der Waals surface area contributed by atoms with Crippen LogP contribution in [0, 0.1) is 0 Å². The lowest BCUT2D eigenvalue weighted by Crippen LogP contribution is -1.98. The van der Waals surface area contributed by atoms with Crippen molar-refractivity contribution in [3.8, 4) is 39.3 Å². The van der Waals surface area contributed by atoms with Gasteiger partial charge >= 0.3 is 0 Å². The van der Waals surface area contributed by atoms with Gasteiger partial charge in [-0.15, -0.1) is 0 Å². The van der Waals surface area contributed by atoms with Crippen LogP contribution in [0.2, 0.25) is 0 Å². The van der Waals surface area contributed by atoms with Crippen LogP contribution in [-0.2, 0) is 0 Å². The van der Waals surface area contributed by atoms with Gasteiger partial charge in [-0.05, 0) is 84.2 Å². The Kier molecular flexibility index (Phi) is 6.22. The number of hydrogen-bond acceptors (Lipinski definition) is 1. The average molecular weight is 623 g/mol. The molecule has 0 N–H and O–H groups in total. The number of benzene rings is 9. The van der Waals surface area contributed by atoms with Crippen molar-refractivity contribution in [2.75, 3.05) is 0 Å². The minimum absolute atomic E-state index is 0.936. The highest BCUT2D eigenvalue weighted by molar-refractivity contribution is 6.21. The maximum atomic E-state index is 5.20. The smallest absolute Gasteiger partial charge is 0.145 e. The van der Waals surface area contributed by atoms with Gasteiger partial charge in [0.05, 0.1) is 16.7 Å². The number of para-hydroxylation sites is 2. The minimum Gasteiger partial charge on any atom is -0.292 e. The number of hydrogen-bond donors (Lipinski definition) is 0. The highest BCUT2D eigenvalue weighted by Gasteiger charge is 2.19. The van der Waals surface area contributed by atoms with Crippen molar-refractivity contribution in [3.63, 3.8) is 0 Å². The Morgan fingerprint density at radius 1 is 0.347 bits per heavy atom. The first-order chi connectivity index (χ1) is 24.3. The van der Waals surface area contributed by atoms with Crippen LogP contribution in [0.25, 0.3) is 93.5 Å². The number of imidazole rings is 1. The van der Waals surface area contributed by atoms with Crippen molar-refractivity contribution < 1.29 is 0 Å². The molecule has 2 nitrogen and oxygen atoms in total. The summed E-state index contributed by atoms with van der Waals surface area (Å²) in [5, 5.41) is 9.94. The predicted octanol–water partition coefficient (Wildman–Crippen LogP) is 12.6. The molecule has 10 aromatic rings. The summed E-state index contributed by atoms with van der Waals surface area (Å²) >= 11 is 0. The van der Waals surface area contributed by atoms with E-state index in [4.69, 9.17) is 4.98 Å². The molecule has 0 saturated heterocycles. The monoisotopic (exact) mass is 622 g/mol. The van der Waals surface area contributed by atoms with Crippen molar-refractivity contribution >= 4 is 54.1 Å². The molecule has 0 bridgehead atoms. The van der Waals surface area contributed by atoms with Gasteiger partial charge in [-0.2, -0.15) is 0 Å². The van der Waals surface area contributed by atoms with E-state index in [1.54, 1.807) is 0 Å². The Hall–Kier alpha value is -6.51. The summed E-state index contributed by atoms with van der Waals surface area (Å²) in [5.41, 5.74) is 9.25. The largest absolute Gasteiger partial charge is 0.292 e. The second-order valence-corrected chi connectivity index (χ2v) is 12.7. The zero-order valence-corrected chi connectivity index (χ0v) is 26.7. The van der Waals surface area contributed by atoms with Gasteiger partial charge in [0, 0.05) is 10.9 Å². The molecule has 0 aliphatic heterocycles. The fraction of sp³-hybridized carbons (Fsp3) is 0. The van der Waals surface area contributed by atoms with Gasteiger partial charge in [0.2, 0.25) is 0 Å². The Morgan fingerprint density at radius 3 is 1.57 bits per heavy atom. The van der Waals surface area contributed by atoms with E-state index >= 15 is 0 Å². The fourth-order valence-electron chi connectivity index (χ4n) is 7.75. The normalized spacial score (nSPS) is 11.7. The summed E-state index contributed by atoms with van der Waals surface area (Å²) in [4.78, 5) is 5.20. The van der Waals surface area contributed by atoms with Crippen LogP contribution >= 0.6 is 0 Å². The highest BCUT2D eigenvalue weighted by Crippen LogP contribution is 2.44. The molecule has 228 valence electrons. The van der Waals surface area contributed by atoms with E-state index in [0.717, 1.165) is 28.1 Å². The van der Waals surface area contributed by atoms with E-state index in [1.807, 2.05) is 0 Å². The van der Waals surface area contributed by atoms with Gasteiger partial charge in [0.25, 0.3) is 0 Å². The first-order valence-electron chi connectivity index (χ1n) is 16.8. The first-order valence-corrected chi connectivity index (χ1v) is 16.8. The highest BCUT2D eigenvalue weighted by atomic mass is 15.1. The second kappa shape index (κ2) is 11.0. The molecule has 49 heavy (non-hydrogen) atoms. The van der Waals surface area contributed by atoms with Gasteiger partial charge in [-0.3, -0.25) is 4.57 Å². The van der Waals surface area contributed by atoms with E-state index in [1.165, 1.54) is 65.3 Å². The van der Waals surface area contributed by atoms with Crippen LogP contribution in [0.3, 0.4) is 0 Å². The topological polar surface area (TPSA) is 17.8 Å². The van der Waals surface area contributed by atoms with E-state index in [2.05, 4.69) is 187 Å². The number of fused-ring (bicyclic) bond motifs is 5. The summed E-state index contributed by atoms with van der Waals surface area (Å²) < 4.78 is 2.32. The molecule has 0 aliphatic carbocycles. The zero-order chi connectivity index (χ0) is 32.3. The minimum atomic E-state index is 0.936. The van der Waals surface area contributed by atoms with Crippen LogP contribution in [0.15, 0.2) is 182 Å². The van der Waals surface area contributed by atoms with Gasteiger partial charge in [-0.1, -0.05) is 158 Å². The van der Waals surface area contributed by atoms with Crippen LogP contribution in [0.1, 0.15) is 0 Å². The Balaban J connectivity index is 1.17. The van der Waals surface area contributed by atoms with Crippen molar-refractivity contribution in [3.05, 3.63) is 182 Å². The summed E-state index contributed by atoms with van der Waals surface area (Å²) in [6, 6.07) is 65.7. The van der Waals surface area contributed by atoms with Gasteiger partial charge in [0.15, 0.2) is 0 Å². The quantitative estimate of drug-likeness (QED) is 0.179. The lowest BCUT2D eigenvalue weighted by atomic mass is 9.85. The van der Waals surface area contributed by atoms with Crippen LogP contribution in [-0.4, -0.2) is 9.55 Å². The van der Waals surface area contributed by atoms with Crippen molar-refractivity contribution in [2.24, 2.45) is 0 Å². The van der Waals surface area contributed by atoms with Crippen molar-refractivity contribution in [2.45, 2.75) is 0 Å². The molecule has 0 unspecified atom stereocenters. The fourth-order valence-corrected chi connectivity index (χ4v) is 7.75. The molecule has 1 heterocycles. The number of aromatic nitrogens is 2. The summed E-state index contributed by atoms with van der Waals surface area (Å²) in [6.07, 6.45) is 0. The maximum absolute atomic E-state index is 5.20. The van der Waals surface area contributed by atoms with Gasteiger partial charge in [0.1, 0.15) is 5.82 Å². The first kappa shape index (κ1) is 27.6. The van der Waals surface area contributed by atoms with Crippen molar-refractivity contribution in [1.82, 2.24) is 9.55 Å². The standard InChI is InChI=1S/C47H30N2/c1-2-14-35-30-36(29-24-31(35)12-1)46-40-19-7-5-17-38(40)45(39-18-6-8-20-41(39)46)33-25-27-34(28-26-33)47-48-42-21-9-10-22-44(42)49(47)43-23-11-15-32-13-3-4-16-37(32)43/h1-30H. The average Bonchev–Trinajstić information content (AvgIpc) is 3.56. The molecule has 10 rings (SSSR count). The van der Waals surface area contributed by atoms with E-state index < -0.39 is 0 Å². The number of rotatable bonds is 4. The SMILES string of the molecule is c1ccc2cc(-c3c4ccccc4c(-c4ccc(-c5nc6ccccc6n5-c5cccc6ccccc56)cc4)c4ccccc34)ccc2c1. The summed E-state index contributed by atoms with van der Waals surface area (Å²) in [7, 11) is 0. The molecule has 0 fully saturated rings. The third kappa shape index (κ3) is 4.38. The van der Waals surface area contributed by atoms with Crippen molar-refractivity contribution in [1.29, 1.82) is 0 Å². The molecular weight excluding hydrogens is 593 g/mol. The van der Waals surface area contributed by atoms with Crippen LogP contribution < -0.4 is 0 Å².